The normalized spacial score (nSPS) is 10.8. The SMILES string of the molecule is Cc1cccc(C(=O)Nc2cnc3oc(-c4ccccc4)nn3c2=O)c1. The summed E-state index contributed by atoms with van der Waals surface area (Å²) in [5.41, 5.74) is 1.65. The van der Waals surface area contributed by atoms with Crippen LogP contribution in [0.1, 0.15) is 15.9 Å². The smallest absolute Gasteiger partial charge is 0.328 e. The monoisotopic (exact) mass is 346 g/mol. The third-order valence-electron chi connectivity index (χ3n) is 3.84. The first-order valence-electron chi connectivity index (χ1n) is 7.94. The fourth-order valence-corrected chi connectivity index (χ4v) is 2.55. The maximum atomic E-state index is 12.6. The lowest BCUT2D eigenvalue weighted by Crippen LogP contribution is -2.23. The van der Waals surface area contributed by atoms with Crippen molar-refractivity contribution in [2.45, 2.75) is 6.92 Å². The molecular weight excluding hydrogens is 332 g/mol. The van der Waals surface area contributed by atoms with Gasteiger partial charge in [-0.05, 0) is 31.2 Å². The number of anilines is 1. The number of amides is 1. The van der Waals surface area contributed by atoms with Crippen LogP contribution in [0.25, 0.3) is 17.3 Å². The zero-order chi connectivity index (χ0) is 18.1. The van der Waals surface area contributed by atoms with E-state index in [1.54, 1.807) is 18.2 Å². The number of aryl methyl sites for hydroxylation is 1. The number of fused-ring (bicyclic) bond motifs is 1. The molecule has 0 radical (unpaired) electrons. The molecule has 0 saturated heterocycles. The van der Waals surface area contributed by atoms with Crippen LogP contribution in [0.15, 0.2) is 70.0 Å². The number of carbonyl (C=O) groups excluding carboxylic acids is 1. The summed E-state index contributed by atoms with van der Waals surface area (Å²) >= 11 is 0. The number of benzene rings is 2. The fourth-order valence-electron chi connectivity index (χ4n) is 2.55. The van der Waals surface area contributed by atoms with Gasteiger partial charge in [0.15, 0.2) is 0 Å². The summed E-state index contributed by atoms with van der Waals surface area (Å²) in [5.74, 6) is -0.0564. The molecule has 4 rings (SSSR count). The van der Waals surface area contributed by atoms with Crippen molar-refractivity contribution in [1.29, 1.82) is 0 Å². The number of hydrogen-bond acceptors (Lipinski definition) is 5. The van der Waals surface area contributed by atoms with Crippen LogP contribution in [-0.4, -0.2) is 20.5 Å². The summed E-state index contributed by atoms with van der Waals surface area (Å²) < 4.78 is 6.56. The van der Waals surface area contributed by atoms with Crippen molar-refractivity contribution in [1.82, 2.24) is 14.6 Å². The molecule has 2 heterocycles. The number of nitrogens with zero attached hydrogens (tertiary/aromatic N) is 3. The second-order valence-electron chi connectivity index (χ2n) is 5.77. The van der Waals surface area contributed by atoms with E-state index >= 15 is 0 Å². The Labute approximate surface area is 147 Å². The van der Waals surface area contributed by atoms with Gasteiger partial charge in [-0.1, -0.05) is 35.9 Å². The maximum Gasteiger partial charge on any atom is 0.328 e. The third-order valence-corrected chi connectivity index (χ3v) is 3.84. The Hall–Kier alpha value is -3.74. The lowest BCUT2D eigenvalue weighted by molar-refractivity contribution is 0.102. The first kappa shape index (κ1) is 15.8. The molecule has 1 amide bonds. The minimum Gasteiger partial charge on any atom is -0.403 e. The number of carbonyl (C=O) groups is 1. The topological polar surface area (TPSA) is 89.5 Å². The minimum atomic E-state index is -0.512. The molecule has 0 aliphatic heterocycles. The molecule has 2 aromatic carbocycles. The first-order chi connectivity index (χ1) is 12.6. The van der Waals surface area contributed by atoms with Crippen molar-refractivity contribution >= 4 is 17.4 Å². The van der Waals surface area contributed by atoms with Gasteiger partial charge in [0.1, 0.15) is 5.69 Å². The van der Waals surface area contributed by atoms with E-state index < -0.39 is 5.56 Å². The Morgan fingerprint density at radius 3 is 2.69 bits per heavy atom. The molecule has 128 valence electrons. The van der Waals surface area contributed by atoms with Crippen molar-refractivity contribution in [3.05, 3.63) is 82.3 Å². The van der Waals surface area contributed by atoms with Crippen LogP contribution in [0.5, 0.6) is 0 Å². The molecule has 0 aliphatic carbocycles. The van der Waals surface area contributed by atoms with Gasteiger partial charge < -0.3 is 9.73 Å². The van der Waals surface area contributed by atoms with Gasteiger partial charge in [0.2, 0.25) is 5.89 Å². The van der Waals surface area contributed by atoms with Gasteiger partial charge in [0.25, 0.3) is 5.91 Å². The minimum absolute atomic E-state index is 0.0296. The van der Waals surface area contributed by atoms with Crippen molar-refractivity contribution in [3.63, 3.8) is 0 Å². The molecule has 7 heteroatoms. The number of rotatable bonds is 3. The van der Waals surface area contributed by atoms with Crippen LogP contribution in [0.3, 0.4) is 0 Å². The Bertz CT molecular complexity index is 1160. The summed E-state index contributed by atoms with van der Waals surface area (Å²) in [6.07, 6.45) is 1.27. The highest BCUT2D eigenvalue weighted by molar-refractivity contribution is 6.04. The van der Waals surface area contributed by atoms with Gasteiger partial charge in [-0.3, -0.25) is 9.59 Å². The van der Waals surface area contributed by atoms with Gasteiger partial charge in [-0.15, -0.1) is 9.61 Å². The van der Waals surface area contributed by atoms with Gasteiger partial charge in [0, 0.05) is 11.1 Å². The molecule has 7 nitrogen and oxygen atoms in total. The zero-order valence-corrected chi connectivity index (χ0v) is 13.8. The largest absolute Gasteiger partial charge is 0.403 e. The lowest BCUT2D eigenvalue weighted by atomic mass is 10.1. The molecule has 4 aromatic rings. The standard InChI is InChI=1S/C19H14N4O3/c1-12-6-5-9-14(10-12)16(24)21-15-11-20-19-23(18(15)25)22-17(26-19)13-7-3-2-4-8-13/h2-11H,1H3,(H,21,24). The molecule has 0 bridgehead atoms. The number of hydrogen-bond donors (Lipinski definition) is 1. The molecule has 1 N–H and O–H groups in total. The van der Waals surface area contributed by atoms with E-state index in [9.17, 15) is 9.59 Å². The van der Waals surface area contributed by atoms with Gasteiger partial charge in [0.05, 0.1) is 6.20 Å². The van der Waals surface area contributed by atoms with Crippen LogP contribution in [-0.2, 0) is 0 Å². The summed E-state index contributed by atoms with van der Waals surface area (Å²) in [5, 5.41) is 6.74. The zero-order valence-electron chi connectivity index (χ0n) is 13.8. The molecule has 26 heavy (non-hydrogen) atoms. The number of nitrogens with one attached hydrogen (secondary N) is 1. The van der Waals surface area contributed by atoms with Crippen molar-refractivity contribution in [2.75, 3.05) is 5.32 Å². The summed E-state index contributed by atoms with van der Waals surface area (Å²) in [4.78, 5) is 29.0. The summed E-state index contributed by atoms with van der Waals surface area (Å²) in [6, 6.07) is 16.3. The van der Waals surface area contributed by atoms with Crippen molar-refractivity contribution in [2.24, 2.45) is 0 Å². The van der Waals surface area contributed by atoms with E-state index in [2.05, 4.69) is 15.4 Å². The maximum absolute atomic E-state index is 12.6. The van der Waals surface area contributed by atoms with Gasteiger partial charge in [-0.25, -0.2) is 4.98 Å². The van der Waals surface area contributed by atoms with Crippen LogP contribution in [0.4, 0.5) is 5.69 Å². The summed E-state index contributed by atoms with van der Waals surface area (Å²) in [7, 11) is 0. The highest BCUT2D eigenvalue weighted by atomic mass is 16.4. The third kappa shape index (κ3) is 2.86. The highest BCUT2D eigenvalue weighted by Gasteiger charge is 2.15. The fraction of sp³-hybridized carbons (Fsp3) is 0.0526. The number of aromatic nitrogens is 3. The Balaban J connectivity index is 1.70. The van der Waals surface area contributed by atoms with Crippen LogP contribution in [0.2, 0.25) is 0 Å². The highest BCUT2D eigenvalue weighted by Crippen LogP contribution is 2.18. The van der Waals surface area contributed by atoms with Crippen LogP contribution < -0.4 is 10.9 Å². The Kier molecular flexibility index (Phi) is 3.81. The van der Waals surface area contributed by atoms with E-state index in [4.69, 9.17) is 4.42 Å². The molecule has 0 atom stereocenters. The molecule has 0 aliphatic rings. The van der Waals surface area contributed by atoms with E-state index in [0.717, 1.165) is 15.6 Å². The average Bonchev–Trinajstić information content (AvgIpc) is 3.10. The van der Waals surface area contributed by atoms with Crippen LogP contribution >= 0.6 is 0 Å². The molecule has 0 spiro atoms. The molecule has 0 saturated carbocycles. The predicted octanol–water partition coefficient (Wildman–Crippen LogP) is 2.91. The average molecular weight is 346 g/mol. The Morgan fingerprint density at radius 1 is 1.12 bits per heavy atom. The van der Waals surface area contributed by atoms with Crippen LogP contribution in [0, 0.1) is 6.92 Å². The van der Waals surface area contributed by atoms with E-state index in [1.165, 1.54) is 6.20 Å². The molecule has 0 fully saturated rings. The quantitative estimate of drug-likeness (QED) is 0.616. The van der Waals surface area contributed by atoms with Crippen molar-refractivity contribution in [3.8, 4) is 11.5 Å². The first-order valence-corrected chi connectivity index (χ1v) is 7.94. The second-order valence-corrected chi connectivity index (χ2v) is 5.77. The second kappa shape index (κ2) is 6.29. The molecule has 0 unspecified atom stereocenters. The van der Waals surface area contributed by atoms with E-state index in [1.807, 2.05) is 43.3 Å². The van der Waals surface area contributed by atoms with Gasteiger partial charge in [-0.2, -0.15) is 0 Å². The Morgan fingerprint density at radius 2 is 1.92 bits per heavy atom. The van der Waals surface area contributed by atoms with E-state index in [-0.39, 0.29) is 23.3 Å². The summed E-state index contributed by atoms with van der Waals surface area (Å²) in [6.45, 7) is 1.89. The molecular formula is C19H14N4O3. The van der Waals surface area contributed by atoms with Gasteiger partial charge >= 0.3 is 11.4 Å². The lowest BCUT2D eigenvalue weighted by Gasteiger charge is -2.04. The van der Waals surface area contributed by atoms with E-state index in [0.29, 0.717) is 5.56 Å². The van der Waals surface area contributed by atoms with Crippen molar-refractivity contribution < 1.29 is 9.21 Å². The molecule has 2 aromatic heterocycles. The predicted molar refractivity (Wildman–Crippen MR) is 96.1 cm³/mol.